The van der Waals surface area contributed by atoms with Gasteiger partial charge in [0, 0.05) is 6.07 Å². The molecule has 0 bridgehead atoms. The Hall–Kier alpha value is -1.58. The van der Waals surface area contributed by atoms with E-state index in [1.807, 2.05) is 0 Å². The van der Waals surface area contributed by atoms with E-state index >= 15 is 0 Å². The lowest BCUT2D eigenvalue weighted by atomic mass is 10.4. The van der Waals surface area contributed by atoms with Crippen LogP contribution in [0.2, 0.25) is 0 Å². The molecule has 0 aromatic carbocycles. The molecule has 0 aliphatic heterocycles. The van der Waals surface area contributed by atoms with Gasteiger partial charge in [-0.05, 0) is 0 Å². The summed E-state index contributed by atoms with van der Waals surface area (Å²) in [6.07, 6.45) is 2.77. The first kappa shape index (κ1) is 5.22. The molecule has 2 aromatic rings. The van der Waals surface area contributed by atoms with Gasteiger partial charge in [0.2, 0.25) is 5.71 Å². The number of nitrogens with two attached hydrogens (primary N) is 1. The molecule has 0 spiro atoms. The van der Waals surface area contributed by atoms with Gasteiger partial charge in [-0.15, -0.1) is 0 Å². The molecule has 0 aliphatic rings. The van der Waals surface area contributed by atoms with Gasteiger partial charge in [-0.3, -0.25) is 0 Å². The van der Waals surface area contributed by atoms with Crippen molar-refractivity contribution in [2.24, 2.45) is 0 Å². The van der Waals surface area contributed by atoms with Gasteiger partial charge in [0.05, 0.1) is 5.39 Å². The Morgan fingerprint density at radius 1 is 1.50 bits per heavy atom. The molecule has 2 N–H and O–H groups in total. The molecule has 0 unspecified atom stereocenters. The molecule has 2 rings (SSSR count). The number of aromatic nitrogens is 2. The summed E-state index contributed by atoms with van der Waals surface area (Å²) in [5, 5.41) is 0.641. The lowest BCUT2D eigenvalue weighted by molar-refractivity contribution is 0.602. The molecule has 2 aromatic heterocycles. The molecule has 49 valence electrons. The van der Waals surface area contributed by atoms with Gasteiger partial charge in [-0.2, -0.15) is 0 Å². The van der Waals surface area contributed by atoms with Crippen LogP contribution in [0.5, 0.6) is 0 Å². The summed E-state index contributed by atoms with van der Waals surface area (Å²) in [5.74, 6) is 0.402. The zero-order valence-corrected chi connectivity index (χ0v) is 5.03. The maximum Gasteiger partial charge on any atom is 0.231 e. The topological polar surface area (TPSA) is 64.9 Å². The van der Waals surface area contributed by atoms with Crippen LogP contribution in [0.25, 0.3) is 11.1 Å². The fraction of sp³-hybridized carbons (Fsp3) is 0. The second kappa shape index (κ2) is 1.70. The van der Waals surface area contributed by atoms with Crippen LogP contribution in [0.3, 0.4) is 0 Å². The average molecular weight is 134 g/mol. The van der Waals surface area contributed by atoms with Gasteiger partial charge in [-0.1, -0.05) is 0 Å². The van der Waals surface area contributed by atoms with Crippen molar-refractivity contribution in [3.63, 3.8) is 0 Å². The maximum absolute atomic E-state index is 5.46. The lowest BCUT2D eigenvalue weighted by Crippen LogP contribution is -1.90. The van der Waals surface area contributed by atoms with Crippen LogP contribution in [0, 0.1) is 6.07 Å². The number of rotatable bonds is 0. The lowest BCUT2D eigenvalue weighted by Gasteiger charge is -1.88. The highest BCUT2D eigenvalue weighted by Crippen LogP contribution is 2.15. The van der Waals surface area contributed by atoms with Crippen molar-refractivity contribution in [3.05, 3.63) is 18.7 Å². The molecule has 0 amide bonds. The highest BCUT2D eigenvalue weighted by atomic mass is 16.3. The Labute approximate surface area is 56.7 Å². The van der Waals surface area contributed by atoms with Crippen molar-refractivity contribution in [1.29, 1.82) is 0 Å². The number of furan rings is 1. The van der Waals surface area contributed by atoms with Crippen molar-refractivity contribution >= 4 is 16.9 Å². The largest absolute Gasteiger partial charge is 0.445 e. The fourth-order valence-electron chi connectivity index (χ4n) is 0.751. The van der Waals surface area contributed by atoms with E-state index in [9.17, 15) is 0 Å². The van der Waals surface area contributed by atoms with Crippen LogP contribution < -0.4 is 5.73 Å². The van der Waals surface area contributed by atoms with E-state index in [2.05, 4.69) is 16.0 Å². The molecule has 10 heavy (non-hydrogen) atoms. The third kappa shape index (κ3) is 0.556. The van der Waals surface area contributed by atoms with Crippen molar-refractivity contribution in [2.45, 2.75) is 0 Å². The molecule has 0 saturated carbocycles. The van der Waals surface area contributed by atoms with E-state index < -0.39 is 0 Å². The molecule has 2 heterocycles. The first-order valence-electron chi connectivity index (χ1n) is 2.73. The summed E-state index contributed by atoms with van der Waals surface area (Å²) in [6.45, 7) is 0. The monoisotopic (exact) mass is 134 g/mol. The molecular weight excluding hydrogens is 130 g/mol. The van der Waals surface area contributed by atoms with Crippen molar-refractivity contribution < 1.29 is 4.42 Å². The number of hydrogen-bond donors (Lipinski definition) is 1. The quantitative estimate of drug-likeness (QED) is 0.573. The minimum absolute atomic E-state index is 0.402. The Morgan fingerprint density at radius 3 is 3.20 bits per heavy atom. The van der Waals surface area contributed by atoms with E-state index in [0.29, 0.717) is 16.9 Å². The maximum atomic E-state index is 5.46. The van der Waals surface area contributed by atoms with Crippen LogP contribution >= 0.6 is 0 Å². The summed E-state index contributed by atoms with van der Waals surface area (Å²) in [5.41, 5.74) is 5.94. The first-order valence-corrected chi connectivity index (χ1v) is 2.73. The summed E-state index contributed by atoms with van der Waals surface area (Å²) in [4.78, 5) is 7.57. The molecule has 0 saturated heterocycles. The molecular formula is C6H4N3O. The van der Waals surface area contributed by atoms with Gasteiger partial charge >= 0.3 is 0 Å². The highest BCUT2D eigenvalue weighted by molar-refractivity contribution is 5.82. The SMILES string of the molecule is Nc1ncnc2oc[c]c12. The Kier molecular flexibility index (Phi) is 0.887. The van der Waals surface area contributed by atoms with Gasteiger partial charge < -0.3 is 10.2 Å². The number of nitrogen functional groups attached to an aromatic ring is 1. The first-order chi connectivity index (χ1) is 4.88. The van der Waals surface area contributed by atoms with E-state index in [0.717, 1.165) is 0 Å². The van der Waals surface area contributed by atoms with E-state index in [1.54, 1.807) is 0 Å². The van der Waals surface area contributed by atoms with E-state index in [4.69, 9.17) is 10.2 Å². The van der Waals surface area contributed by atoms with Crippen LogP contribution in [0.15, 0.2) is 17.0 Å². The molecule has 4 nitrogen and oxygen atoms in total. The van der Waals surface area contributed by atoms with E-state index in [-0.39, 0.29) is 0 Å². The van der Waals surface area contributed by atoms with Gasteiger partial charge in [-0.25, -0.2) is 9.97 Å². The van der Waals surface area contributed by atoms with E-state index in [1.165, 1.54) is 12.6 Å². The minimum Gasteiger partial charge on any atom is -0.445 e. The minimum atomic E-state index is 0.402. The number of anilines is 1. The zero-order valence-electron chi connectivity index (χ0n) is 5.03. The second-order valence-corrected chi connectivity index (χ2v) is 1.82. The average Bonchev–Trinajstić information content (AvgIpc) is 2.36. The van der Waals surface area contributed by atoms with Crippen molar-refractivity contribution in [2.75, 3.05) is 5.73 Å². The summed E-state index contributed by atoms with van der Waals surface area (Å²) < 4.78 is 4.91. The summed E-state index contributed by atoms with van der Waals surface area (Å²) in [7, 11) is 0. The molecule has 1 radical (unpaired) electrons. The Morgan fingerprint density at radius 2 is 2.40 bits per heavy atom. The smallest absolute Gasteiger partial charge is 0.231 e. The predicted molar refractivity (Wildman–Crippen MR) is 35.1 cm³/mol. The van der Waals surface area contributed by atoms with Gasteiger partial charge in [0.1, 0.15) is 18.4 Å². The molecule has 4 heteroatoms. The highest BCUT2D eigenvalue weighted by Gasteiger charge is 2.00. The number of hydrogen-bond acceptors (Lipinski definition) is 4. The third-order valence-electron chi connectivity index (χ3n) is 1.22. The third-order valence-corrected chi connectivity index (χ3v) is 1.22. The van der Waals surface area contributed by atoms with Crippen molar-refractivity contribution in [1.82, 2.24) is 9.97 Å². The molecule has 0 aliphatic carbocycles. The predicted octanol–water partition coefficient (Wildman–Crippen LogP) is 0.605. The van der Waals surface area contributed by atoms with Crippen LogP contribution in [-0.2, 0) is 0 Å². The second-order valence-electron chi connectivity index (χ2n) is 1.82. The van der Waals surface area contributed by atoms with Gasteiger partial charge in [0.25, 0.3) is 0 Å². The van der Waals surface area contributed by atoms with Crippen LogP contribution in [-0.4, -0.2) is 9.97 Å². The normalized spacial score (nSPS) is 10.4. The number of fused-ring (bicyclic) bond motifs is 1. The van der Waals surface area contributed by atoms with Crippen LogP contribution in [0.1, 0.15) is 0 Å². The molecule has 0 fully saturated rings. The summed E-state index contributed by atoms with van der Waals surface area (Å²) >= 11 is 0. The standard InChI is InChI=1S/C6H4N3O/c7-5-4-1-2-10-6(4)9-3-8-5/h2-3H,(H2,7,8,9). The fourth-order valence-corrected chi connectivity index (χ4v) is 0.751. The zero-order chi connectivity index (χ0) is 6.97. The Bertz CT molecular complexity index is 355. The summed E-state index contributed by atoms with van der Waals surface area (Å²) in [6, 6.07) is 2.77. The number of nitrogens with zero attached hydrogens (tertiary/aromatic N) is 2. The Balaban J connectivity index is 2.95. The van der Waals surface area contributed by atoms with Crippen LogP contribution in [0.4, 0.5) is 5.82 Å². The van der Waals surface area contributed by atoms with Crippen molar-refractivity contribution in [3.8, 4) is 0 Å². The van der Waals surface area contributed by atoms with Gasteiger partial charge in [0.15, 0.2) is 0 Å². The molecule has 0 atom stereocenters.